The molecule has 1 N–H and O–H groups in total. The molecule has 0 amide bonds. The van der Waals surface area contributed by atoms with E-state index in [0.717, 1.165) is 42.4 Å². The van der Waals surface area contributed by atoms with Crippen LogP contribution in [0.5, 0.6) is 5.75 Å². The van der Waals surface area contributed by atoms with Gasteiger partial charge in [0.25, 0.3) is 0 Å². The van der Waals surface area contributed by atoms with E-state index in [4.69, 9.17) is 9.84 Å². The van der Waals surface area contributed by atoms with Gasteiger partial charge in [0.05, 0.1) is 12.2 Å². The van der Waals surface area contributed by atoms with E-state index in [2.05, 4.69) is 6.92 Å². The summed E-state index contributed by atoms with van der Waals surface area (Å²) in [7, 11) is 0. The van der Waals surface area contributed by atoms with Crippen molar-refractivity contribution in [3.63, 3.8) is 0 Å². The van der Waals surface area contributed by atoms with E-state index in [1.165, 1.54) is 18.2 Å². The summed E-state index contributed by atoms with van der Waals surface area (Å²) < 4.78 is 44.3. The third-order valence-electron chi connectivity index (χ3n) is 4.88. The number of carbonyl (C=O) groups is 1. The molecule has 0 spiro atoms. The minimum atomic E-state index is -4.41. The van der Waals surface area contributed by atoms with Gasteiger partial charge in [-0.1, -0.05) is 43.3 Å². The summed E-state index contributed by atoms with van der Waals surface area (Å²) >= 11 is 0. The highest BCUT2D eigenvalue weighted by Crippen LogP contribution is 2.45. The van der Waals surface area contributed by atoms with Crippen LogP contribution in [0.2, 0.25) is 0 Å². The monoisotopic (exact) mass is 402 g/mol. The average Bonchev–Trinajstić information content (AvgIpc) is 3.41. The number of hydrogen-bond acceptors (Lipinski definition) is 2. The summed E-state index contributed by atoms with van der Waals surface area (Å²) in [5, 5.41) is 8.80. The number of carboxylic acids is 1. The highest BCUT2D eigenvalue weighted by Gasteiger charge is 2.38. The van der Waals surface area contributed by atoms with E-state index < -0.39 is 17.7 Å². The molecule has 1 fully saturated rings. The van der Waals surface area contributed by atoms with Crippen LogP contribution in [-0.2, 0) is 11.0 Å². The van der Waals surface area contributed by atoms with Crippen LogP contribution in [0.25, 0.3) is 5.57 Å². The average molecular weight is 402 g/mol. The van der Waals surface area contributed by atoms with Gasteiger partial charge in [-0.25, -0.2) is 4.79 Å². The SMILES string of the molecule is CC1(COc2ccc(/C(=C/C=C/C(=O)O)c3ccc(C(F)(F)F)cc3)cc2)CC1. The second kappa shape index (κ2) is 8.15. The van der Waals surface area contributed by atoms with Crippen LogP contribution < -0.4 is 4.74 Å². The van der Waals surface area contributed by atoms with Gasteiger partial charge >= 0.3 is 12.1 Å². The minimum Gasteiger partial charge on any atom is -0.493 e. The molecule has 0 aromatic heterocycles. The van der Waals surface area contributed by atoms with E-state index in [9.17, 15) is 18.0 Å². The van der Waals surface area contributed by atoms with Crippen LogP contribution in [0.4, 0.5) is 13.2 Å². The van der Waals surface area contributed by atoms with Crippen molar-refractivity contribution in [3.05, 3.63) is 83.4 Å². The van der Waals surface area contributed by atoms with Crippen molar-refractivity contribution in [3.8, 4) is 5.75 Å². The molecule has 1 aliphatic carbocycles. The summed E-state index contributed by atoms with van der Waals surface area (Å²) in [4.78, 5) is 10.8. The number of alkyl halides is 3. The molecule has 29 heavy (non-hydrogen) atoms. The predicted molar refractivity (Wildman–Crippen MR) is 105 cm³/mol. The van der Waals surface area contributed by atoms with Crippen LogP contribution in [0.1, 0.15) is 36.5 Å². The molecule has 2 aromatic rings. The Morgan fingerprint density at radius 2 is 1.62 bits per heavy atom. The standard InChI is InChI=1S/C23H21F3O3/c1-22(13-14-22)15-29-19-11-7-17(8-12-19)20(3-2-4-21(27)28)16-5-9-18(10-6-16)23(24,25)26/h2-12H,13-15H2,1H3,(H,27,28)/b4-2+,20-3+. The Kier molecular flexibility index (Phi) is 5.82. The normalized spacial score (nSPS) is 16.1. The van der Waals surface area contributed by atoms with Gasteiger partial charge in [-0.15, -0.1) is 0 Å². The third-order valence-corrected chi connectivity index (χ3v) is 4.88. The maximum atomic E-state index is 12.8. The van der Waals surface area contributed by atoms with Gasteiger partial charge in [0.1, 0.15) is 5.75 Å². The highest BCUT2D eigenvalue weighted by molar-refractivity contribution is 5.84. The fourth-order valence-electron chi connectivity index (χ4n) is 2.77. The van der Waals surface area contributed by atoms with Crippen molar-refractivity contribution in [2.24, 2.45) is 5.41 Å². The predicted octanol–water partition coefficient (Wildman–Crippen LogP) is 5.96. The number of ether oxygens (including phenoxy) is 1. The lowest BCUT2D eigenvalue weighted by Gasteiger charge is -2.13. The van der Waals surface area contributed by atoms with Crippen molar-refractivity contribution in [1.29, 1.82) is 0 Å². The Labute approximate surface area is 167 Å². The van der Waals surface area contributed by atoms with Crippen LogP contribution in [0, 0.1) is 5.41 Å². The molecule has 0 bridgehead atoms. The lowest BCUT2D eigenvalue weighted by atomic mass is 9.96. The maximum absolute atomic E-state index is 12.8. The molecule has 6 heteroatoms. The molecule has 0 heterocycles. The largest absolute Gasteiger partial charge is 0.493 e. The van der Waals surface area contributed by atoms with E-state index in [0.29, 0.717) is 17.7 Å². The number of benzene rings is 2. The molecule has 0 radical (unpaired) electrons. The number of carboxylic acid groups (broad SMARTS) is 1. The number of rotatable bonds is 7. The van der Waals surface area contributed by atoms with Gasteiger partial charge in [0, 0.05) is 11.5 Å². The summed E-state index contributed by atoms with van der Waals surface area (Å²) in [6.07, 6.45) is 1.79. The lowest BCUT2D eigenvalue weighted by molar-refractivity contribution is -0.137. The fourth-order valence-corrected chi connectivity index (χ4v) is 2.77. The third kappa shape index (κ3) is 5.73. The second-order valence-electron chi connectivity index (χ2n) is 7.48. The van der Waals surface area contributed by atoms with E-state index in [1.807, 2.05) is 12.1 Å². The van der Waals surface area contributed by atoms with Gasteiger partial charge in [-0.3, -0.25) is 0 Å². The number of hydrogen-bond donors (Lipinski definition) is 1. The van der Waals surface area contributed by atoms with Crippen molar-refractivity contribution in [2.75, 3.05) is 6.61 Å². The molecule has 0 saturated heterocycles. The van der Waals surface area contributed by atoms with Crippen molar-refractivity contribution in [1.82, 2.24) is 0 Å². The Balaban J connectivity index is 1.86. The molecule has 1 aliphatic rings. The zero-order valence-electron chi connectivity index (χ0n) is 15.9. The summed E-state index contributed by atoms with van der Waals surface area (Å²) in [6.45, 7) is 2.82. The van der Waals surface area contributed by atoms with Crippen molar-refractivity contribution >= 4 is 11.5 Å². The molecule has 3 nitrogen and oxygen atoms in total. The first-order valence-corrected chi connectivity index (χ1v) is 9.18. The summed E-state index contributed by atoms with van der Waals surface area (Å²) in [5.41, 5.74) is 1.42. The molecular weight excluding hydrogens is 381 g/mol. The highest BCUT2D eigenvalue weighted by atomic mass is 19.4. The molecule has 0 atom stereocenters. The number of aliphatic carboxylic acids is 1. The van der Waals surface area contributed by atoms with Gasteiger partial charge in [-0.05, 0) is 53.8 Å². The maximum Gasteiger partial charge on any atom is 0.416 e. The van der Waals surface area contributed by atoms with E-state index in [1.54, 1.807) is 18.2 Å². The molecule has 152 valence electrons. The van der Waals surface area contributed by atoms with Crippen molar-refractivity contribution < 1.29 is 27.8 Å². The van der Waals surface area contributed by atoms with Crippen LogP contribution >= 0.6 is 0 Å². The molecule has 0 unspecified atom stereocenters. The zero-order chi connectivity index (χ0) is 21.1. The van der Waals surface area contributed by atoms with Gasteiger partial charge < -0.3 is 9.84 Å². The molecule has 1 saturated carbocycles. The molecule has 0 aliphatic heterocycles. The molecule has 2 aromatic carbocycles. The Hall–Kier alpha value is -3.02. The van der Waals surface area contributed by atoms with Gasteiger partial charge in [-0.2, -0.15) is 13.2 Å². The first kappa shape index (κ1) is 20.7. The zero-order valence-corrected chi connectivity index (χ0v) is 15.9. The molecule has 3 rings (SSSR count). The van der Waals surface area contributed by atoms with E-state index in [-0.39, 0.29) is 5.41 Å². The molecular formula is C23H21F3O3. The quantitative estimate of drug-likeness (QED) is 0.459. The lowest BCUT2D eigenvalue weighted by Crippen LogP contribution is -2.08. The van der Waals surface area contributed by atoms with Crippen LogP contribution in [0.15, 0.2) is 66.8 Å². The number of halogens is 3. The second-order valence-corrected chi connectivity index (χ2v) is 7.48. The summed E-state index contributed by atoms with van der Waals surface area (Å²) in [6, 6.07) is 12.0. The first-order chi connectivity index (χ1) is 13.7. The fraction of sp³-hybridized carbons (Fsp3) is 0.261. The Morgan fingerprint density at radius 1 is 1.07 bits per heavy atom. The Bertz CT molecular complexity index is 919. The number of allylic oxidation sites excluding steroid dienone is 2. The van der Waals surface area contributed by atoms with Crippen molar-refractivity contribution in [2.45, 2.75) is 25.9 Å². The smallest absolute Gasteiger partial charge is 0.416 e. The topological polar surface area (TPSA) is 46.5 Å². The Morgan fingerprint density at radius 3 is 2.10 bits per heavy atom. The van der Waals surface area contributed by atoms with Gasteiger partial charge in [0.15, 0.2) is 0 Å². The minimum absolute atomic E-state index is 0.256. The van der Waals surface area contributed by atoms with Crippen LogP contribution in [0.3, 0.4) is 0 Å². The first-order valence-electron chi connectivity index (χ1n) is 9.18. The van der Waals surface area contributed by atoms with Gasteiger partial charge in [0.2, 0.25) is 0 Å². The van der Waals surface area contributed by atoms with Crippen LogP contribution in [-0.4, -0.2) is 17.7 Å². The van der Waals surface area contributed by atoms with E-state index >= 15 is 0 Å². The summed E-state index contributed by atoms with van der Waals surface area (Å²) in [5.74, 6) is -0.389.